The van der Waals surface area contributed by atoms with Crippen molar-refractivity contribution >= 4 is 38.4 Å². The van der Waals surface area contributed by atoms with Gasteiger partial charge in [0.25, 0.3) is 0 Å². The molecule has 0 spiro atoms. The summed E-state index contributed by atoms with van der Waals surface area (Å²) >= 11 is 1.77. The summed E-state index contributed by atoms with van der Waals surface area (Å²) in [5.74, 6) is 1.48. The van der Waals surface area contributed by atoms with Gasteiger partial charge in [-0.25, -0.2) is 4.98 Å². The zero-order chi connectivity index (χ0) is 16.1. The Kier molecular flexibility index (Phi) is 3.06. The number of anilines is 1. The van der Waals surface area contributed by atoms with Crippen LogP contribution in [-0.4, -0.2) is 26.0 Å². The number of thiophene rings is 1. The minimum Gasteiger partial charge on any atom is -0.351 e. The number of nitrogens with one attached hydrogen (secondary N) is 2. The number of fused-ring (bicyclic) bond motifs is 2. The molecule has 2 N–H and O–H groups in total. The lowest BCUT2D eigenvalue weighted by molar-refractivity contribution is 0.687. The predicted molar refractivity (Wildman–Crippen MR) is 98.3 cm³/mol. The van der Waals surface area contributed by atoms with Gasteiger partial charge in [-0.2, -0.15) is 4.98 Å². The van der Waals surface area contributed by atoms with Gasteiger partial charge in [-0.1, -0.05) is 0 Å². The SMILES string of the molecule is C[C@@H](Nc1ncc2c(-c3cc4cnccc4s3)c[nH]c2n1)C1CC1. The van der Waals surface area contributed by atoms with Crippen LogP contribution in [0.2, 0.25) is 0 Å². The number of aromatic nitrogens is 4. The van der Waals surface area contributed by atoms with Crippen LogP contribution in [-0.2, 0) is 0 Å². The van der Waals surface area contributed by atoms with E-state index in [1.54, 1.807) is 11.3 Å². The number of pyridine rings is 1. The largest absolute Gasteiger partial charge is 0.351 e. The topological polar surface area (TPSA) is 66.5 Å². The molecular formula is C18H17N5S. The fourth-order valence-electron chi connectivity index (χ4n) is 3.12. The zero-order valence-electron chi connectivity index (χ0n) is 13.3. The van der Waals surface area contributed by atoms with Crippen molar-refractivity contribution in [2.45, 2.75) is 25.8 Å². The van der Waals surface area contributed by atoms with E-state index in [2.05, 4.69) is 44.3 Å². The molecule has 1 atom stereocenters. The number of aromatic amines is 1. The quantitative estimate of drug-likeness (QED) is 0.578. The summed E-state index contributed by atoms with van der Waals surface area (Å²) in [4.78, 5) is 17.9. The maximum atomic E-state index is 4.64. The fourth-order valence-corrected chi connectivity index (χ4v) is 4.18. The summed E-state index contributed by atoms with van der Waals surface area (Å²) in [6, 6.07) is 4.67. The van der Waals surface area contributed by atoms with E-state index in [1.165, 1.54) is 27.8 Å². The van der Waals surface area contributed by atoms with E-state index in [9.17, 15) is 0 Å². The van der Waals surface area contributed by atoms with Crippen molar-refractivity contribution in [3.63, 3.8) is 0 Å². The van der Waals surface area contributed by atoms with Crippen LogP contribution < -0.4 is 5.32 Å². The van der Waals surface area contributed by atoms with Crippen molar-refractivity contribution < 1.29 is 0 Å². The summed E-state index contributed by atoms with van der Waals surface area (Å²) in [5, 5.41) is 5.64. The number of hydrogen-bond donors (Lipinski definition) is 2. The highest BCUT2D eigenvalue weighted by molar-refractivity contribution is 7.22. The van der Waals surface area contributed by atoms with Crippen LogP contribution in [0.5, 0.6) is 0 Å². The molecule has 1 aliphatic rings. The minimum absolute atomic E-state index is 0.437. The lowest BCUT2D eigenvalue weighted by Crippen LogP contribution is -2.18. The predicted octanol–water partition coefficient (Wildman–Crippen LogP) is 4.45. The number of rotatable bonds is 4. The number of hydrogen-bond acceptors (Lipinski definition) is 5. The molecular weight excluding hydrogens is 318 g/mol. The second-order valence-corrected chi connectivity index (χ2v) is 7.54. The lowest BCUT2D eigenvalue weighted by atomic mass is 10.2. The third-order valence-corrected chi connectivity index (χ3v) is 5.85. The van der Waals surface area contributed by atoms with Crippen molar-refractivity contribution in [2.24, 2.45) is 5.92 Å². The summed E-state index contributed by atoms with van der Waals surface area (Å²) in [6.45, 7) is 2.20. The van der Waals surface area contributed by atoms with E-state index >= 15 is 0 Å². The molecule has 0 aliphatic heterocycles. The van der Waals surface area contributed by atoms with E-state index in [0.29, 0.717) is 12.0 Å². The summed E-state index contributed by atoms with van der Waals surface area (Å²) in [7, 11) is 0. The van der Waals surface area contributed by atoms with Gasteiger partial charge in [0, 0.05) is 56.7 Å². The Balaban J connectivity index is 1.52. The average molecular weight is 335 g/mol. The Morgan fingerprint density at radius 1 is 1.33 bits per heavy atom. The summed E-state index contributed by atoms with van der Waals surface area (Å²) in [5.41, 5.74) is 2.02. The fraction of sp³-hybridized carbons (Fsp3) is 0.278. The van der Waals surface area contributed by atoms with Gasteiger partial charge in [0.05, 0.1) is 0 Å². The first-order valence-corrected chi connectivity index (χ1v) is 9.04. The molecule has 4 aromatic rings. The normalized spacial score (nSPS) is 15.9. The van der Waals surface area contributed by atoms with Crippen LogP contribution in [0.15, 0.2) is 36.9 Å². The Morgan fingerprint density at radius 2 is 2.25 bits per heavy atom. The molecule has 0 saturated heterocycles. The molecule has 0 unspecified atom stereocenters. The van der Waals surface area contributed by atoms with Crippen LogP contribution >= 0.6 is 11.3 Å². The molecule has 1 saturated carbocycles. The Labute approximate surface area is 143 Å². The van der Waals surface area contributed by atoms with Crippen LogP contribution in [0.1, 0.15) is 19.8 Å². The first-order chi connectivity index (χ1) is 11.8. The molecule has 1 aliphatic carbocycles. The van der Waals surface area contributed by atoms with Gasteiger partial charge >= 0.3 is 0 Å². The first-order valence-electron chi connectivity index (χ1n) is 8.22. The van der Waals surface area contributed by atoms with E-state index < -0.39 is 0 Å². The molecule has 1 fully saturated rings. The highest BCUT2D eigenvalue weighted by atomic mass is 32.1. The van der Waals surface area contributed by atoms with Crippen molar-refractivity contribution in [1.82, 2.24) is 19.9 Å². The standard InChI is InChI=1S/C18H17N5S/c1-10(11-2-3-11)22-18-21-9-14-13(8-20-17(14)23-18)16-6-12-7-19-5-4-15(12)24-16/h4-11H,2-3H2,1H3,(H2,20,21,22,23)/t10-/m1/s1. The van der Waals surface area contributed by atoms with E-state index in [-0.39, 0.29) is 0 Å². The van der Waals surface area contributed by atoms with Gasteiger partial charge in [-0.3, -0.25) is 4.98 Å². The van der Waals surface area contributed by atoms with Crippen molar-refractivity contribution in [3.8, 4) is 10.4 Å². The molecule has 120 valence electrons. The highest BCUT2D eigenvalue weighted by Crippen LogP contribution is 2.37. The van der Waals surface area contributed by atoms with Crippen LogP contribution in [0, 0.1) is 5.92 Å². The maximum Gasteiger partial charge on any atom is 0.224 e. The molecule has 4 heterocycles. The van der Waals surface area contributed by atoms with Crippen LogP contribution in [0.4, 0.5) is 5.95 Å². The Bertz CT molecular complexity index is 997. The van der Waals surface area contributed by atoms with E-state index in [0.717, 1.165) is 22.5 Å². The Hall–Kier alpha value is -2.47. The molecule has 0 aromatic carbocycles. The van der Waals surface area contributed by atoms with Crippen molar-refractivity contribution in [1.29, 1.82) is 0 Å². The Morgan fingerprint density at radius 3 is 3.08 bits per heavy atom. The van der Waals surface area contributed by atoms with Crippen molar-refractivity contribution in [3.05, 3.63) is 36.9 Å². The monoisotopic (exact) mass is 335 g/mol. The van der Waals surface area contributed by atoms with Gasteiger partial charge in [0.2, 0.25) is 5.95 Å². The molecule has 0 amide bonds. The molecule has 5 nitrogen and oxygen atoms in total. The lowest BCUT2D eigenvalue weighted by Gasteiger charge is -2.12. The molecule has 5 rings (SSSR count). The van der Waals surface area contributed by atoms with Gasteiger partial charge in [0.1, 0.15) is 5.65 Å². The van der Waals surface area contributed by atoms with Gasteiger partial charge in [-0.15, -0.1) is 11.3 Å². The van der Waals surface area contributed by atoms with Crippen LogP contribution in [0.3, 0.4) is 0 Å². The third kappa shape index (κ3) is 2.34. The number of H-pyrrole nitrogens is 1. The minimum atomic E-state index is 0.437. The summed E-state index contributed by atoms with van der Waals surface area (Å²) < 4.78 is 1.24. The maximum absolute atomic E-state index is 4.64. The second kappa shape index (κ2) is 5.27. The zero-order valence-corrected chi connectivity index (χ0v) is 14.1. The van der Waals surface area contributed by atoms with E-state index in [4.69, 9.17) is 0 Å². The van der Waals surface area contributed by atoms with Gasteiger partial charge in [0.15, 0.2) is 0 Å². The molecule has 6 heteroatoms. The van der Waals surface area contributed by atoms with Crippen LogP contribution in [0.25, 0.3) is 31.6 Å². The highest BCUT2D eigenvalue weighted by Gasteiger charge is 2.28. The molecule has 4 aromatic heterocycles. The molecule has 24 heavy (non-hydrogen) atoms. The summed E-state index contributed by atoms with van der Waals surface area (Å²) in [6.07, 6.45) is 10.3. The second-order valence-electron chi connectivity index (χ2n) is 6.45. The molecule has 0 radical (unpaired) electrons. The van der Waals surface area contributed by atoms with Gasteiger partial charge in [-0.05, 0) is 37.8 Å². The third-order valence-electron chi connectivity index (χ3n) is 4.70. The number of nitrogens with zero attached hydrogens (tertiary/aromatic N) is 3. The van der Waals surface area contributed by atoms with Crippen molar-refractivity contribution in [2.75, 3.05) is 5.32 Å². The first kappa shape index (κ1) is 13.9. The molecule has 0 bridgehead atoms. The van der Waals surface area contributed by atoms with E-state index in [1.807, 2.05) is 24.8 Å². The van der Waals surface area contributed by atoms with Gasteiger partial charge < -0.3 is 10.3 Å². The average Bonchev–Trinajstić information content (AvgIpc) is 3.23. The smallest absolute Gasteiger partial charge is 0.224 e.